The van der Waals surface area contributed by atoms with Crippen molar-refractivity contribution in [1.82, 2.24) is 0 Å². The average Bonchev–Trinajstić information content (AvgIpc) is 2.69. The highest BCUT2D eigenvalue weighted by Crippen LogP contribution is 2.36. The molecule has 0 amide bonds. The topological polar surface area (TPSA) is 27.7 Å². The van der Waals surface area contributed by atoms with E-state index in [4.69, 9.17) is 12.3 Å². The number of nitrogens with zero attached hydrogens (tertiary/aromatic N) is 1. The van der Waals surface area contributed by atoms with Crippen molar-refractivity contribution >= 4 is 33.8 Å². The maximum atomic E-state index is 7.00. The Kier molecular flexibility index (Phi) is 7.58. The lowest BCUT2D eigenvalue weighted by Crippen LogP contribution is -2.74. The highest BCUT2D eigenvalue weighted by Gasteiger charge is 2.62. The summed E-state index contributed by atoms with van der Waals surface area (Å²) in [5.41, 5.74) is 0.361. The van der Waals surface area contributed by atoms with Gasteiger partial charge in [0.1, 0.15) is 0 Å². The molecule has 1 rings (SSSR count). The molecule has 1 unspecified atom stereocenters. The Labute approximate surface area is 161 Å². The van der Waals surface area contributed by atoms with Gasteiger partial charge >= 0.3 is 8.80 Å². The number of rotatable bonds is 9. The zero-order valence-electron chi connectivity index (χ0n) is 18.8. The van der Waals surface area contributed by atoms with E-state index in [9.17, 15) is 0 Å². The van der Waals surface area contributed by atoms with Crippen LogP contribution in [-0.2, 0) is 12.3 Å². The molecule has 0 aromatic carbocycles. The minimum absolute atomic E-state index is 0.361. The summed E-state index contributed by atoms with van der Waals surface area (Å²) in [7, 11) is -5.82. The average molecular weight is 423 g/mol. The van der Waals surface area contributed by atoms with Gasteiger partial charge in [-0.05, 0) is 58.9 Å². The van der Waals surface area contributed by atoms with Crippen molar-refractivity contribution in [3.63, 3.8) is 0 Å². The monoisotopic (exact) mass is 422 g/mol. The fourth-order valence-electron chi connectivity index (χ4n) is 3.99. The largest absolute Gasteiger partial charge is 0.531 e. The molecule has 150 valence electrons. The molecule has 1 aliphatic heterocycles. The van der Waals surface area contributed by atoms with Crippen LogP contribution in [-0.4, -0.2) is 64.0 Å². The van der Waals surface area contributed by atoms with E-state index in [0.717, 1.165) is 10.9 Å². The lowest BCUT2D eigenvalue weighted by molar-refractivity contribution is -0.913. The van der Waals surface area contributed by atoms with Crippen molar-refractivity contribution in [2.75, 3.05) is 20.1 Å². The van der Waals surface area contributed by atoms with E-state index < -0.39 is 33.8 Å². The molecule has 4 nitrogen and oxygen atoms in total. The van der Waals surface area contributed by atoms with Gasteiger partial charge in [-0.2, -0.15) is 0 Å². The molecule has 25 heavy (non-hydrogen) atoms. The molecule has 1 saturated heterocycles. The van der Waals surface area contributed by atoms with Crippen molar-refractivity contribution in [2.24, 2.45) is 0 Å². The summed E-state index contributed by atoms with van der Waals surface area (Å²) in [5.74, 6) is 0. The first-order valence-corrected chi connectivity index (χ1v) is 22.0. The number of hydrogen-bond donors (Lipinski definition) is 0. The standard InChI is InChI=1S/C17H44NO3Si4/c1-12-17(18(2)15-13-14-16-18)25(19-22(3,4)5,20-23(6,7)8)21-24(9,10)11/h17H,12-16H2,1-11H3/q+1. The first-order valence-electron chi connectivity index (χ1n) is 9.97. The normalized spacial score (nSPS) is 20.8. The molecule has 8 heteroatoms. The van der Waals surface area contributed by atoms with E-state index in [1.165, 1.54) is 25.9 Å². The van der Waals surface area contributed by atoms with Gasteiger partial charge in [0.25, 0.3) is 0 Å². The van der Waals surface area contributed by atoms with Crippen LogP contribution in [0.15, 0.2) is 0 Å². The number of likely N-dealkylation sites (tertiary alicyclic amines) is 1. The molecule has 0 saturated carbocycles. The van der Waals surface area contributed by atoms with Gasteiger partial charge in [-0.3, -0.25) is 0 Å². The third-order valence-electron chi connectivity index (χ3n) is 4.48. The van der Waals surface area contributed by atoms with Gasteiger partial charge in [-0.25, -0.2) is 0 Å². The van der Waals surface area contributed by atoms with E-state index in [0.29, 0.717) is 5.67 Å². The van der Waals surface area contributed by atoms with E-state index >= 15 is 0 Å². The van der Waals surface area contributed by atoms with E-state index in [1.54, 1.807) is 0 Å². The quantitative estimate of drug-likeness (QED) is 0.385. The summed E-state index contributed by atoms with van der Waals surface area (Å²) < 4.78 is 22.1. The maximum absolute atomic E-state index is 7.00. The van der Waals surface area contributed by atoms with Gasteiger partial charge in [-0.1, -0.05) is 6.92 Å². The van der Waals surface area contributed by atoms with Crippen LogP contribution in [0.5, 0.6) is 0 Å². The second-order valence-electron chi connectivity index (χ2n) is 10.8. The molecule has 1 heterocycles. The zero-order valence-corrected chi connectivity index (χ0v) is 22.8. The van der Waals surface area contributed by atoms with Crippen LogP contribution >= 0.6 is 0 Å². The lowest BCUT2D eigenvalue weighted by atomic mass is 10.3. The van der Waals surface area contributed by atoms with E-state index in [2.05, 4.69) is 72.9 Å². The van der Waals surface area contributed by atoms with Crippen molar-refractivity contribution in [2.45, 2.75) is 90.8 Å². The van der Waals surface area contributed by atoms with Gasteiger partial charge in [0.05, 0.1) is 20.1 Å². The van der Waals surface area contributed by atoms with Crippen molar-refractivity contribution < 1.29 is 16.8 Å². The SMILES string of the molecule is CCC([N+]1(C)CCCC1)[Si](O[Si](C)(C)C)(O[Si](C)(C)C)O[Si](C)(C)C. The smallest absolute Gasteiger partial charge is 0.414 e. The molecule has 0 bridgehead atoms. The molecule has 1 atom stereocenters. The predicted octanol–water partition coefficient (Wildman–Crippen LogP) is 5.04. The first-order chi connectivity index (χ1) is 11.0. The highest BCUT2D eigenvalue weighted by atomic mass is 28.5. The summed E-state index contributed by atoms with van der Waals surface area (Å²) in [4.78, 5) is 0. The Morgan fingerprint density at radius 2 is 1.04 bits per heavy atom. The van der Waals surface area contributed by atoms with Gasteiger partial charge < -0.3 is 16.8 Å². The van der Waals surface area contributed by atoms with Crippen LogP contribution in [0.2, 0.25) is 58.9 Å². The first kappa shape index (κ1) is 23.7. The van der Waals surface area contributed by atoms with Gasteiger partial charge in [-0.15, -0.1) is 0 Å². The second kappa shape index (κ2) is 7.98. The molecule has 0 N–H and O–H groups in total. The molecule has 0 aliphatic carbocycles. The van der Waals surface area contributed by atoms with Gasteiger partial charge in [0.15, 0.2) is 30.6 Å². The Morgan fingerprint density at radius 1 is 0.720 bits per heavy atom. The predicted molar refractivity (Wildman–Crippen MR) is 118 cm³/mol. The minimum Gasteiger partial charge on any atom is -0.414 e. The zero-order chi connectivity index (χ0) is 19.7. The van der Waals surface area contributed by atoms with Crippen LogP contribution < -0.4 is 0 Å². The molecule has 1 aliphatic rings. The van der Waals surface area contributed by atoms with Crippen molar-refractivity contribution in [1.29, 1.82) is 0 Å². The van der Waals surface area contributed by atoms with Gasteiger partial charge in [0.2, 0.25) is 0 Å². The molecule has 0 aromatic rings. The van der Waals surface area contributed by atoms with Gasteiger partial charge in [0, 0.05) is 19.3 Å². The number of quaternary nitrogens is 1. The Morgan fingerprint density at radius 3 is 1.28 bits per heavy atom. The molecule has 1 fully saturated rings. The third kappa shape index (κ3) is 7.32. The summed E-state index contributed by atoms with van der Waals surface area (Å²) >= 11 is 0. The van der Waals surface area contributed by atoms with Crippen LogP contribution in [0, 0.1) is 0 Å². The summed E-state index contributed by atoms with van der Waals surface area (Å²) in [6.07, 6.45) is 3.69. The van der Waals surface area contributed by atoms with E-state index in [-0.39, 0.29) is 0 Å². The Bertz CT molecular complexity index is 394. The Balaban J connectivity index is 3.47. The maximum Gasteiger partial charge on any atom is 0.531 e. The summed E-state index contributed by atoms with van der Waals surface area (Å²) in [6.45, 7) is 25.3. The molecule has 0 spiro atoms. The van der Waals surface area contributed by atoms with Crippen LogP contribution in [0.25, 0.3) is 0 Å². The molecular formula is C17H44NO3Si4+. The fraction of sp³-hybridized carbons (Fsp3) is 1.00. The van der Waals surface area contributed by atoms with Crippen molar-refractivity contribution in [3.8, 4) is 0 Å². The number of hydrogen-bond acceptors (Lipinski definition) is 3. The van der Waals surface area contributed by atoms with Crippen LogP contribution in [0.1, 0.15) is 26.2 Å². The third-order valence-corrected chi connectivity index (χ3v) is 17.1. The fourth-order valence-corrected chi connectivity index (χ4v) is 19.0. The lowest BCUT2D eigenvalue weighted by Gasteiger charge is -2.50. The highest BCUT2D eigenvalue weighted by molar-refractivity contribution is 6.90. The second-order valence-corrected chi connectivity index (χ2v) is 27.8. The summed E-state index contributed by atoms with van der Waals surface area (Å²) in [5, 5.41) is 0. The molecule has 0 radical (unpaired) electrons. The molecular weight excluding hydrogens is 379 g/mol. The Hall–Kier alpha value is 0.708. The molecule has 0 aromatic heterocycles. The van der Waals surface area contributed by atoms with Crippen LogP contribution in [0.4, 0.5) is 0 Å². The van der Waals surface area contributed by atoms with Crippen molar-refractivity contribution in [3.05, 3.63) is 0 Å². The van der Waals surface area contributed by atoms with E-state index in [1.807, 2.05) is 0 Å². The summed E-state index contributed by atoms with van der Waals surface area (Å²) in [6, 6.07) is 0. The minimum atomic E-state index is -2.81. The van der Waals surface area contributed by atoms with Crippen LogP contribution in [0.3, 0.4) is 0 Å².